The van der Waals surface area contributed by atoms with E-state index in [1.165, 1.54) is 16.2 Å². The summed E-state index contributed by atoms with van der Waals surface area (Å²) in [5, 5.41) is 6.78. The lowest BCUT2D eigenvalue weighted by Gasteiger charge is -2.01. The Morgan fingerprint density at radius 1 is 1.21 bits per heavy atom. The second-order valence-corrected chi connectivity index (χ2v) is 5.54. The molecular formula is C14H15N3OS. The molecule has 4 nitrogen and oxygen atoms in total. The smallest absolute Gasteiger partial charge is 0.284 e. The molecule has 0 unspecified atom stereocenters. The largest absolute Gasteiger partial charge is 0.320 e. The second kappa shape index (κ2) is 5.50. The van der Waals surface area contributed by atoms with Crippen LogP contribution in [0.15, 0.2) is 30.3 Å². The Balaban J connectivity index is 1.77. The Hall–Kier alpha value is -1.72. The SMILES string of the molecule is O=C(Nc1ccccc1)c1nc2c(s1)CCNCC2. The molecule has 0 atom stereocenters. The van der Waals surface area contributed by atoms with Gasteiger partial charge in [-0.2, -0.15) is 0 Å². The highest BCUT2D eigenvalue weighted by Gasteiger charge is 2.18. The highest BCUT2D eigenvalue weighted by atomic mass is 32.1. The second-order valence-electron chi connectivity index (χ2n) is 4.46. The van der Waals surface area contributed by atoms with Crippen LogP contribution in [0.1, 0.15) is 20.4 Å². The maximum absolute atomic E-state index is 12.1. The number of hydrogen-bond acceptors (Lipinski definition) is 4. The number of rotatable bonds is 2. The lowest BCUT2D eigenvalue weighted by Crippen LogP contribution is -2.17. The summed E-state index contributed by atoms with van der Waals surface area (Å²) in [6.45, 7) is 1.91. The van der Waals surface area contributed by atoms with Crippen LogP contribution in [0.2, 0.25) is 0 Å². The Morgan fingerprint density at radius 3 is 2.84 bits per heavy atom. The lowest BCUT2D eigenvalue weighted by atomic mass is 10.2. The number of carbonyl (C=O) groups excluding carboxylic acids is 1. The molecule has 0 saturated carbocycles. The highest BCUT2D eigenvalue weighted by molar-refractivity contribution is 7.13. The zero-order chi connectivity index (χ0) is 13.1. The topological polar surface area (TPSA) is 54.0 Å². The fraction of sp³-hybridized carbons (Fsp3) is 0.286. The number of amides is 1. The number of benzene rings is 1. The number of anilines is 1. The number of thiazole rings is 1. The van der Waals surface area contributed by atoms with E-state index in [0.29, 0.717) is 5.01 Å². The average Bonchev–Trinajstić information content (AvgIpc) is 2.72. The standard InChI is InChI=1S/C14H15N3OS/c18-13(16-10-4-2-1-3-5-10)14-17-11-6-8-15-9-7-12(11)19-14/h1-5,15H,6-9H2,(H,16,18). The summed E-state index contributed by atoms with van der Waals surface area (Å²) in [5.41, 5.74) is 1.88. The van der Waals surface area contributed by atoms with Crippen LogP contribution in [-0.2, 0) is 12.8 Å². The van der Waals surface area contributed by atoms with E-state index in [-0.39, 0.29) is 5.91 Å². The molecule has 2 N–H and O–H groups in total. The van der Waals surface area contributed by atoms with E-state index in [0.717, 1.165) is 37.3 Å². The van der Waals surface area contributed by atoms with Gasteiger partial charge in [0.1, 0.15) is 0 Å². The van der Waals surface area contributed by atoms with Crippen molar-refractivity contribution >= 4 is 22.9 Å². The van der Waals surface area contributed by atoms with Crippen LogP contribution in [0, 0.1) is 0 Å². The van der Waals surface area contributed by atoms with Gasteiger partial charge in [-0.1, -0.05) is 18.2 Å². The van der Waals surface area contributed by atoms with Crippen LogP contribution in [-0.4, -0.2) is 24.0 Å². The Kier molecular flexibility index (Phi) is 3.57. The molecule has 0 radical (unpaired) electrons. The summed E-state index contributed by atoms with van der Waals surface area (Å²) in [4.78, 5) is 17.9. The van der Waals surface area contributed by atoms with Gasteiger partial charge in [0, 0.05) is 30.1 Å². The third-order valence-corrected chi connectivity index (χ3v) is 4.23. The first-order chi connectivity index (χ1) is 9.33. The molecule has 19 heavy (non-hydrogen) atoms. The number of aromatic nitrogens is 1. The molecular weight excluding hydrogens is 258 g/mol. The number of carbonyl (C=O) groups is 1. The molecule has 3 rings (SSSR count). The minimum atomic E-state index is -0.114. The average molecular weight is 273 g/mol. The van der Waals surface area contributed by atoms with Crippen LogP contribution in [0.25, 0.3) is 0 Å². The minimum Gasteiger partial charge on any atom is -0.320 e. The van der Waals surface area contributed by atoms with Gasteiger partial charge in [-0.15, -0.1) is 11.3 Å². The fourth-order valence-electron chi connectivity index (χ4n) is 2.11. The number of fused-ring (bicyclic) bond motifs is 1. The zero-order valence-corrected chi connectivity index (χ0v) is 11.3. The van der Waals surface area contributed by atoms with Crippen molar-refractivity contribution in [1.29, 1.82) is 0 Å². The number of nitrogens with one attached hydrogen (secondary N) is 2. The summed E-state index contributed by atoms with van der Waals surface area (Å²) < 4.78 is 0. The first-order valence-corrected chi connectivity index (χ1v) is 7.20. The third kappa shape index (κ3) is 2.83. The van der Waals surface area contributed by atoms with E-state index in [1.807, 2.05) is 30.3 Å². The predicted molar refractivity (Wildman–Crippen MR) is 76.8 cm³/mol. The molecule has 1 aromatic heterocycles. The first kappa shape index (κ1) is 12.3. The van der Waals surface area contributed by atoms with E-state index in [1.54, 1.807) is 0 Å². The Bertz CT molecular complexity index is 556. The van der Waals surface area contributed by atoms with Crippen molar-refractivity contribution in [3.05, 3.63) is 45.9 Å². The molecule has 1 aromatic carbocycles. The van der Waals surface area contributed by atoms with Gasteiger partial charge in [0.15, 0.2) is 5.01 Å². The molecule has 5 heteroatoms. The molecule has 98 valence electrons. The molecule has 1 aliphatic rings. The van der Waals surface area contributed by atoms with Gasteiger partial charge in [-0.05, 0) is 18.6 Å². The maximum Gasteiger partial charge on any atom is 0.284 e. The van der Waals surface area contributed by atoms with Crippen molar-refractivity contribution in [1.82, 2.24) is 10.3 Å². The molecule has 0 saturated heterocycles. The van der Waals surface area contributed by atoms with Gasteiger partial charge in [-0.3, -0.25) is 4.79 Å². The van der Waals surface area contributed by atoms with E-state index < -0.39 is 0 Å². The molecule has 1 amide bonds. The van der Waals surface area contributed by atoms with Crippen LogP contribution in [0.5, 0.6) is 0 Å². The van der Waals surface area contributed by atoms with Crippen molar-refractivity contribution < 1.29 is 4.79 Å². The molecule has 2 heterocycles. The highest BCUT2D eigenvalue weighted by Crippen LogP contribution is 2.22. The minimum absolute atomic E-state index is 0.114. The number of nitrogens with zero attached hydrogens (tertiary/aromatic N) is 1. The monoisotopic (exact) mass is 273 g/mol. The van der Waals surface area contributed by atoms with Gasteiger partial charge in [0.25, 0.3) is 5.91 Å². The lowest BCUT2D eigenvalue weighted by molar-refractivity contribution is 0.102. The third-order valence-electron chi connectivity index (χ3n) is 3.07. The fourth-order valence-corrected chi connectivity index (χ4v) is 3.11. The first-order valence-electron chi connectivity index (χ1n) is 6.38. The van der Waals surface area contributed by atoms with Crippen molar-refractivity contribution in [3.8, 4) is 0 Å². The van der Waals surface area contributed by atoms with Gasteiger partial charge in [0.05, 0.1) is 5.69 Å². The van der Waals surface area contributed by atoms with E-state index >= 15 is 0 Å². The molecule has 1 aliphatic heterocycles. The summed E-state index contributed by atoms with van der Waals surface area (Å²) in [5.74, 6) is -0.114. The summed E-state index contributed by atoms with van der Waals surface area (Å²) in [6.07, 6.45) is 1.87. The van der Waals surface area contributed by atoms with Gasteiger partial charge in [-0.25, -0.2) is 4.98 Å². The van der Waals surface area contributed by atoms with Crippen LogP contribution in [0.3, 0.4) is 0 Å². The Morgan fingerprint density at radius 2 is 2.00 bits per heavy atom. The molecule has 0 fully saturated rings. The van der Waals surface area contributed by atoms with Crippen molar-refractivity contribution in [3.63, 3.8) is 0 Å². The van der Waals surface area contributed by atoms with Crippen molar-refractivity contribution in [2.75, 3.05) is 18.4 Å². The quantitative estimate of drug-likeness (QED) is 0.881. The van der Waals surface area contributed by atoms with E-state index in [2.05, 4.69) is 15.6 Å². The normalized spacial score (nSPS) is 14.5. The predicted octanol–water partition coefficient (Wildman–Crippen LogP) is 2.08. The van der Waals surface area contributed by atoms with E-state index in [9.17, 15) is 4.79 Å². The Labute approximate surface area is 115 Å². The summed E-state index contributed by atoms with van der Waals surface area (Å²) in [6, 6.07) is 9.48. The maximum atomic E-state index is 12.1. The van der Waals surface area contributed by atoms with Gasteiger partial charge in [0.2, 0.25) is 0 Å². The van der Waals surface area contributed by atoms with Crippen molar-refractivity contribution in [2.45, 2.75) is 12.8 Å². The molecule has 0 bridgehead atoms. The summed E-state index contributed by atoms with van der Waals surface area (Å²) in [7, 11) is 0. The zero-order valence-electron chi connectivity index (χ0n) is 10.5. The summed E-state index contributed by atoms with van der Waals surface area (Å²) >= 11 is 1.51. The molecule has 2 aromatic rings. The van der Waals surface area contributed by atoms with E-state index in [4.69, 9.17) is 0 Å². The number of para-hydroxylation sites is 1. The molecule has 0 aliphatic carbocycles. The molecule has 0 spiro atoms. The van der Waals surface area contributed by atoms with Crippen molar-refractivity contribution in [2.24, 2.45) is 0 Å². The number of hydrogen-bond donors (Lipinski definition) is 2. The van der Waals surface area contributed by atoms with Gasteiger partial charge < -0.3 is 10.6 Å². The van der Waals surface area contributed by atoms with Gasteiger partial charge >= 0.3 is 0 Å². The van der Waals surface area contributed by atoms with Crippen LogP contribution in [0.4, 0.5) is 5.69 Å². The van der Waals surface area contributed by atoms with Crippen LogP contribution < -0.4 is 10.6 Å². The van der Waals surface area contributed by atoms with Crippen LogP contribution >= 0.6 is 11.3 Å².